The Bertz CT molecular complexity index is 569. The Labute approximate surface area is 169 Å². The van der Waals surface area contributed by atoms with Crippen LogP contribution in [-0.2, 0) is 9.53 Å². The van der Waals surface area contributed by atoms with Crippen molar-refractivity contribution in [3.8, 4) is 0 Å². The van der Waals surface area contributed by atoms with Crippen molar-refractivity contribution in [3.63, 3.8) is 0 Å². The van der Waals surface area contributed by atoms with Gasteiger partial charge in [0.05, 0.1) is 5.56 Å². The van der Waals surface area contributed by atoms with Crippen molar-refractivity contribution >= 4 is 39.5 Å². The number of rotatable bonds is 12. The van der Waals surface area contributed by atoms with Gasteiger partial charge in [0.15, 0.2) is 0 Å². The number of carbonyl (C=O) groups is 2. The van der Waals surface area contributed by atoms with E-state index in [1.165, 1.54) is 0 Å². The molecule has 0 saturated heterocycles. The smallest absolute Gasteiger partial charge is 0.253 e. The first-order valence-electron chi connectivity index (χ1n) is 8.85. The summed E-state index contributed by atoms with van der Waals surface area (Å²) in [4.78, 5) is 24.9. The standard InChI is InChI=1S/C19H29BrN2O3S/c1-14(2)13-25-11-6-10-21-19(24)17(9-12-26-3)22-18(23)15-7-4-5-8-16(15)20/h4-5,7-8,14,17H,6,9-13H2,1-3H3,(H,21,24)(H,22,23). The summed E-state index contributed by atoms with van der Waals surface area (Å²) < 4.78 is 6.22. The second-order valence-corrected chi connectivity index (χ2v) is 8.24. The fraction of sp³-hybridized carbons (Fsp3) is 0.579. The quantitative estimate of drug-likeness (QED) is 0.484. The van der Waals surface area contributed by atoms with Crippen LogP contribution in [0, 0.1) is 5.92 Å². The molecule has 0 aromatic heterocycles. The van der Waals surface area contributed by atoms with Crippen LogP contribution in [-0.4, -0.2) is 49.6 Å². The molecule has 1 aromatic carbocycles. The zero-order valence-electron chi connectivity index (χ0n) is 15.7. The summed E-state index contributed by atoms with van der Waals surface area (Å²) in [5.74, 6) is 0.904. The number of amides is 2. The molecule has 1 rings (SSSR count). The largest absolute Gasteiger partial charge is 0.381 e. The molecule has 0 aliphatic rings. The number of benzene rings is 1. The minimum absolute atomic E-state index is 0.150. The predicted octanol–water partition coefficient (Wildman–Crippen LogP) is 3.48. The molecule has 0 aliphatic heterocycles. The van der Waals surface area contributed by atoms with Crippen molar-refractivity contribution in [1.29, 1.82) is 0 Å². The molecule has 2 N–H and O–H groups in total. The average molecular weight is 445 g/mol. The van der Waals surface area contributed by atoms with Gasteiger partial charge in [0.2, 0.25) is 5.91 Å². The van der Waals surface area contributed by atoms with E-state index in [0.717, 1.165) is 18.8 Å². The third-order valence-corrected chi connectivity index (χ3v) is 4.90. The van der Waals surface area contributed by atoms with Crippen LogP contribution in [0.3, 0.4) is 0 Å². The van der Waals surface area contributed by atoms with E-state index in [1.54, 1.807) is 23.9 Å². The zero-order valence-corrected chi connectivity index (χ0v) is 18.1. The lowest BCUT2D eigenvalue weighted by molar-refractivity contribution is -0.123. The van der Waals surface area contributed by atoms with Gasteiger partial charge in [-0.2, -0.15) is 11.8 Å². The Morgan fingerprint density at radius 2 is 2.00 bits per heavy atom. The van der Waals surface area contributed by atoms with Crippen LogP contribution in [0.1, 0.15) is 37.0 Å². The summed E-state index contributed by atoms with van der Waals surface area (Å²) >= 11 is 5.02. The highest BCUT2D eigenvalue weighted by molar-refractivity contribution is 9.10. The maximum absolute atomic E-state index is 12.5. The molecule has 0 saturated carbocycles. The number of carbonyl (C=O) groups excluding carboxylic acids is 2. The van der Waals surface area contributed by atoms with Crippen molar-refractivity contribution < 1.29 is 14.3 Å². The van der Waals surface area contributed by atoms with Gasteiger partial charge >= 0.3 is 0 Å². The SMILES string of the molecule is CSCCC(NC(=O)c1ccccc1Br)C(=O)NCCCOCC(C)C. The number of halogens is 1. The molecule has 1 atom stereocenters. The second kappa shape index (κ2) is 13.2. The lowest BCUT2D eigenvalue weighted by Gasteiger charge is -2.18. The highest BCUT2D eigenvalue weighted by Crippen LogP contribution is 2.16. The van der Waals surface area contributed by atoms with Crippen LogP contribution >= 0.6 is 27.7 Å². The summed E-state index contributed by atoms with van der Waals surface area (Å²) in [6.07, 6.45) is 3.33. The van der Waals surface area contributed by atoms with E-state index < -0.39 is 6.04 Å². The van der Waals surface area contributed by atoms with Crippen LogP contribution < -0.4 is 10.6 Å². The molecule has 0 radical (unpaired) electrons. The van der Waals surface area contributed by atoms with Crippen molar-refractivity contribution in [2.24, 2.45) is 5.92 Å². The van der Waals surface area contributed by atoms with E-state index in [4.69, 9.17) is 4.74 Å². The number of thioether (sulfide) groups is 1. The number of ether oxygens (including phenoxy) is 1. The first-order chi connectivity index (χ1) is 12.5. The number of hydrogen-bond acceptors (Lipinski definition) is 4. The first-order valence-corrected chi connectivity index (χ1v) is 11.0. The highest BCUT2D eigenvalue weighted by Gasteiger charge is 2.21. The fourth-order valence-electron chi connectivity index (χ4n) is 2.21. The number of nitrogens with one attached hydrogen (secondary N) is 2. The maximum atomic E-state index is 12.5. The van der Waals surface area contributed by atoms with Gasteiger partial charge in [-0.05, 0) is 58.8 Å². The van der Waals surface area contributed by atoms with Gasteiger partial charge in [0.1, 0.15) is 6.04 Å². The van der Waals surface area contributed by atoms with Gasteiger partial charge in [-0.3, -0.25) is 9.59 Å². The van der Waals surface area contributed by atoms with E-state index in [0.29, 0.717) is 35.5 Å². The van der Waals surface area contributed by atoms with Crippen molar-refractivity contribution in [1.82, 2.24) is 10.6 Å². The minimum atomic E-state index is -0.543. The molecule has 7 heteroatoms. The molecular weight excluding hydrogens is 416 g/mol. The van der Waals surface area contributed by atoms with Crippen molar-refractivity contribution in [2.75, 3.05) is 31.8 Å². The molecule has 1 unspecified atom stereocenters. The molecule has 5 nitrogen and oxygen atoms in total. The summed E-state index contributed by atoms with van der Waals surface area (Å²) in [6, 6.07) is 6.64. The normalized spacial score (nSPS) is 12.0. The van der Waals surface area contributed by atoms with Crippen LogP contribution in [0.25, 0.3) is 0 Å². The third-order valence-electron chi connectivity index (χ3n) is 3.57. The maximum Gasteiger partial charge on any atom is 0.253 e. The van der Waals surface area contributed by atoms with Gasteiger partial charge in [-0.1, -0.05) is 26.0 Å². The molecule has 2 amide bonds. The van der Waals surface area contributed by atoms with Gasteiger partial charge < -0.3 is 15.4 Å². The van der Waals surface area contributed by atoms with Gasteiger partial charge in [0, 0.05) is 24.2 Å². The Kier molecular flexibility index (Phi) is 11.6. The van der Waals surface area contributed by atoms with E-state index >= 15 is 0 Å². The van der Waals surface area contributed by atoms with E-state index in [2.05, 4.69) is 40.4 Å². The summed E-state index contributed by atoms with van der Waals surface area (Å²) in [7, 11) is 0. The van der Waals surface area contributed by atoms with Gasteiger partial charge in [0.25, 0.3) is 5.91 Å². The third kappa shape index (κ3) is 9.05. The fourth-order valence-corrected chi connectivity index (χ4v) is 3.15. The summed E-state index contributed by atoms with van der Waals surface area (Å²) in [5, 5.41) is 5.75. The molecule has 146 valence electrons. The predicted molar refractivity (Wildman–Crippen MR) is 112 cm³/mol. The molecular formula is C19H29BrN2O3S. The average Bonchev–Trinajstić information content (AvgIpc) is 2.61. The Morgan fingerprint density at radius 3 is 2.65 bits per heavy atom. The van der Waals surface area contributed by atoms with Crippen molar-refractivity contribution in [3.05, 3.63) is 34.3 Å². The van der Waals surface area contributed by atoms with E-state index in [1.807, 2.05) is 18.4 Å². The Morgan fingerprint density at radius 1 is 1.27 bits per heavy atom. The molecule has 0 fully saturated rings. The summed E-state index contributed by atoms with van der Waals surface area (Å²) in [6.45, 7) is 6.10. The minimum Gasteiger partial charge on any atom is -0.381 e. The van der Waals surface area contributed by atoms with Crippen molar-refractivity contribution in [2.45, 2.75) is 32.7 Å². The topological polar surface area (TPSA) is 67.4 Å². The highest BCUT2D eigenvalue weighted by atomic mass is 79.9. The molecule has 0 heterocycles. The number of hydrogen-bond donors (Lipinski definition) is 2. The second-order valence-electron chi connectivity index (χ2n) is 6.40. The monoisotopic (exact) mass is 444 g/mol. The molecule has 0 bridgehead atoms. The van der Waals surface area contributed by atoms with E-state index in [9.17, 15) is 9.59 Å². The molecule has 0 aliphatic carbocycles. The molecule has 0 spiro atoms. The Hall–Kier alpha value is -1.05. The van der Waals surface area contributed by atoms with Crippen LogP contribution in [0.15, 0.2) is 28.7 Å². The molecule has 1 aromatic rings. The van der Waals surface area contributed by atoms with Crippen LogP contribution in [0.4, 0.5) is 0 Å². The lowest BCUT2D eigenvalue weighted by Crippen LogP contribution is -2.47. The Balaban J connectivity index is 2.50. The van der Waals surface area contributed by atoms with Crippen LogP contribution in [0.2, 0.25) is 0 Å². The van der Waals surface area contributed by atoms with Gasteiger partial charge in [-0.25, -0.2) is 0 Å². The van der Waals surface area contributed by atoms with Gasteiger partial charge in [-0.15, -0.1) is 0 Å². The van der Waals surface area contributed by atoms with E-state index in [-0.39, 0.29) is 11.8 Å². The molecule has 26 heavy (non-hydrogen) atoms. The summed E-state index contributed by atoms with van der Waals surface area (Å²) in [5.41, 5.74) is 0.525. The van der Waals surface area contributed by atoms with Crippen LogP contribution in [0.5, 0.6) is 0 Å². The lowest BCUT2D eigenvalue weighted by atomic mass is 10.1. The first kappa shape index (κ1) is 23.0. The zero-order chi connectivity index (χ0) is 19.4.